The number of benzene rings is 1. The van der Waals surface area contributed by atoms with Crippen molar-refractivity contribution in [2.24, 2.45) is 0 Å². The lowest BCUT2D eigenvalue weighted by Gasteiger charge is -1.98. The second kappa shape index (κ2) is 5.23. The fourth-order valence-corrected chi connectivity index (χ4v) is 1.63. The molecule has 0 unspecified atom stereocenters. The number of hydrogen-bond donors (Lipinski definition) is 1. The number of imidazole rings is 1. The minimum atomic E-state index is -0.642. The Morgan fingerprint density at radius 2 is 2.12 bits per heavy atom. The van der Waals surface area contributed by atoms with Crippen LogP contribution in [0.4, 0.5) is 8.78 Å². The summed E-state index contributed by atoms with van der Waals surface area (Å²) < 4.78 is 31.6. The van der Waals surface area contributed by atoms with Crippen molar-refractivity contribution >= 4 is 11.0 Å². The van der Waals surface area contributed by atoms with Crippen LogP contribution in [-0.4, -0.2) is 23.2 Å². The van der Waals surface area contributed by atoms with Crippen LogP contribution >= 0.6 is 0 Å². The van der Waals surface area contributed by atoms with E-state index in [4.69, 9.17) is 4.74 Å². The molecule has 1 N–H and O–H groups in total. The fraction of sp³-hybridized carbons (Fsp3) is 0.417. The normalized spacial score (nSPS) is 11.2. The van der Waals surface area contributed by atoms with Crippen molar-refractivity contribution < 1.29 is 13.5 Å². The number of aromatic amines is 1. The molecule has 5 heteroatoms. The molecule has 0 spiro atoms. The van der Waals surface area contributed by atoms with Crippen LogP contribution < -0.4 is 0 Å². The molecule has 1 aromatic heterocycles. The number of ether oxygens (including phenoxy) is 1. The number of nitrogens with zero attached hydrogens (tertiary/aromatic N) is 1. The van der Waals surface area contributed by atoms with Gasteiger partial charge in [-0.3, -0.25) is 0 Å². The highest BCUT2D eigenvalue weighted by Crippen LogP contribution is 2.17. The van der Waals surface area contributed by atoms with E-state index in [9.17, 15) is 8.78 Å². The predicted octanol–water partition coefficient (Wildman–Crippen LogP) is 2.81. The molecule has 0 aliphatic heterocycles. The van der Waals surface area contributed by atoms with Crippen LogP contribution in [0.5, 0.6) is 0 Å². The van der Waals surface area contributed by atoms with Gasteiger partial charge in [-0.2, -0.15) is 0 Å². The zero-order valence-corrected chi connectivity index (χ0v) is 9.59. The quantitative estimate of drug-likeness (QED) is 0.816. The molecule has 0 amide bonds. The zero-order valence-electron chi connectivity index (χ0n) is 9.59. The van der Waals surface area contributed by atoms with Crippen molar-refractivity contribution in [1.82, 2.24) is 9.97 Å². The molecule has 0 bridgehead atoms. The summed E-state index contributed by atoms with van der Waals surface area (Å²) in [6, 6.07) is 2.07. The van der Waals surface area contributed by atoms with Gasteiger partial charge in [0.2, 0.25) is 0 Å². The first-order valence-corrected chi connectivity index (χ1v) is 5.62. The molecule has 0 saturated carbocycles. The molecular weight excluding hydrogens is 226 g/mol. The molecule has 1 aromatic carbocycles. The van der Waals surface area contributed by atoms with Crippen LogP contribution in [0.3, 0.4) is 0 Å². The fourth-order valence-electron chi connectivity index (χ4n) is 1.63. The monoisotopic (exact) mass is 240 g/mol. The van der Waals surface area contributed by atoms with E-state index in [2.05, 4.69) is 9.97 Å². The Morgan fingerprint density at radius 3 is 2.88 bits per heavy atom. The second-order valence-electron chi connectivity index (χ2n) is 3.83. The Morgan fingerprint density at radius 1 is 1.29 bits per heavy atom. The van der Waals surface area contributed by atoms with Crippen molar-refractivity contribution in [3.8, 4) is 0 Å². The molecule has 17 heavy (non-hydrogen) atoms. The van der Waals surface area contributed by atoms with E-state index in [0.717, 1.165) is 12.5 Å². The highest BCUT2D eigenvalue weighted by molar-refractivity contribution is 5.75. The van der Waals surface area contributed by atoms with Crippen LogP contribution in [0.2, 0.25) is 0 Å². The average molecular weight is 240 g/mol. The SMILES string of the molecule is CCCOCCc1nc2c(F)cc(F)cc2[nH]1. The number of rotatable bonds is 5. The number of halogens is 2. The van der Waals surface area contributed by atoms with Gasteiger partial charge in [0.05, 0.1) is 12.1 Å². The summed E-state index contributed by atoms with van der Waals surface area (Å²) in [5.74, 6) is -0.634. The van der Waals surface area contributed by atoms with Crippen molar-refractivity contribution in [2.75, 3.05) is 13.2 Å². The van der Waals surface area contributed by atoms with E-state index >= 15 is 0 Å². The Hall–Kier alpha value is -1.49. The molecule has 2 aromatic rings. The van der Waals surface area contributed by atoms with Crippen LogP contribution in [0.1, 0.15) is 19.2 Å². The largest absolute Gasteiger partial charge is 0.381 e. The van der Waals surface area contributed by atoms with Crippen molar-refractivity contribution in [3.63, 3.8) is 0 Å². The number of hydrogen-bond acceptors (Lipinski definition) is 2. The predicted molar refractivity (Wildman–Crippen MR) is 60.8 cm³/mol. The second-order valence-corrected chi connectivity index (χ2v) is 3.83. The van der Waals surface area contributed by atoms with Crippen LogP contribution in [0, 0.1) is 11.6 Å². The van der Waals surface area contributed by atoms with Gasteiger partial charge in [-0.15, -0.1) is 0 Å². The maximum atomic E-state index is 13.3. The molecule has 0 aliphatic rings. The molecule has 0 fully saturated rings. The Balaban J connectivity index is 2.12. The molecule has 2 rings (SSSR count). The number of H-pyrrole nitrogens is 1. The summed E-state index contributed by atoms with van der Waals surface area (Å²) in [5.41, 5.74) is 0.560. The lowest BCUT2D eigenvalue weighted by molar-refractivity contribution is 0.137. The van der Waals surface area contributed by atoms with E-state index in [1.165, 1.54) is 6.07 Å². The molecular formula is C12H14F2N2O. The van der Waals surface area contributed by atoms with E-state index in [1.807, 2.05) is 6.92 Å². The van der Waals surface area contributed by atoms with Gasteiger partial charge in [-0.05, 0) is 12.5 Å². The topological polar surface area (TPSA) is 37.9 Å². The summed E-state index contributed by atoms with van der Waals surface area (Å²) in [6.07, 6.45) is 1.52. The van der Waals surface area contributed by atoms with Crippen molar-refractivity contribution in [2.45, 2.75) is 19.8 Å². The van der Waals surface area contributed by atoms with Crippen molar-refractivity contribution in [1.29, 1.82) is 0 Å². The zero-order chi connectivity index (χ0) is 12.3. The third-order valence-corrected chi connectivity index (χ3v) is 2.39. The lowest BCUT2D eigenvalue weighted by atomic mass is 10.3. The van der Waals surface area contributed by atoms with Gasteiger partial charge >= 0.3 is 0 Å². The van der Waals surface area contributed by atoms with E-state index in [-0.39, 0.29) is 5.52 Å². The standard InChI is InChI=1S/C12H14F2N2O/c1-2-4-17-5-3-11-15-10-7-8(13)6-9(14)12(10)16-11/h6-7H,2-5H2,1H3,(H,15,16). The van der Waals surface area contributed by atoms with Crippen LogP contribution in [0.25, 0.3) is 11.0 Å². The molecule has 0 radical (unpaired) electrons. The number of aromatic nitrogens is 2. The smallest absolute Gasteiger partial charge is 0.153 e. The molecule has 3 nitrogen and oxygen atoms in total. The Bertz CT molecular complexity index is 510. The first-order chi connectivity index (χ1) is 8.20. The first-order valence-electron chi connectivity index (χ1n) is 5.62. The van der Waals surface area contributed by atoms with Crippen LogP contribution in [0.15, 0.2) is 12.1 Å². The third-order valence-electron chi connectivity index (χ3n) is 2.39. The summed E-state index contributed by atoms with van der Waals surface area (Å²) in [7, 11) is 0. The molecule has 0 aliphatic carbocycles. The van der Waals surface area contributed by atoms with E-state index in [0.29, 0.717) is 31.0 Å². The van der Waals surface area contributed by atoms with Gasteiger partial charge in [0, 0.05) is 19.1 Å². The Kier molecular flexibility index (Phi) is 3.68. The molecule has 0 atom stereocenters. The molecule has 1 heterocycles. The van der Waals surface area contributed by atoms with Gasteiger partial charge in [-0.25, -0.2) is 13.8 Å². The maximum absolute atomic E-state index is 13.3. The molecule has 0 saturated heterocycles. The van der Waals surface area contributed by atoms with E-state index in [1.54, 1.807) is 0 Å². The minimum Gasteiger partial charge on any atom is -0.381 e. The van der Waals surface area contributed by atoms with Gasteiger partial charge < -0.3 is 9.72 Å². The third kappa shape index (κ3) is 2.79. The van der Waals surface area contributed by atoms with Gasteiger partial charge in [0.15, 0.2) is 5.82 Å². The lowest BCUT2D eigenvalue weighted by Crippen LogP contribution is -2.00. The van der Waals surface area contributed by atoms with Gasteiger partial charge in [0.25, 0.3) is 0 Å². The van der Waals surface area contributed by atoms with E-state index < -0.39 is 11.6 Å². The number of fused-ring (bicyclic) bond motifs is 1. The maximum Gasteiger partial charge on any atom is 0.153 e. The summed E-state index contributed by atoms with van der Waals surface area (Å²) in [4.78, 5) is 6.96. The van der Waals surface area contributed by atoms with Crippen molar-refractivity contribution in [3.05, 3.63) is 29.6 Å². The highest BCUT2D eigenvalue weighted by Gasteiger charge is 2.09. The summed E-state index contributed by atoms with van der Waals surface area (Å²) in [5, 5.41) is 0. The number of nitrogens with one attached hydrogen (secondary N) is 1. The van der Waals surface area contributed by atoms with Crippen LogP contribution in [-0.2, 0) is 11.2 Å². The molecule has 92 valence electrons. The van der Waals surface area contributed by atoms with Gasteiger partial charge in [-0.1, -0.05) is 6.92 Å². The highest BCUT2D eigenvalue weighted by atomic mass is 19.1. The van der Waals surface area contributed by atoms with Gasteiger partial charge in [0.1, 0.15) is 17.2 Å². The minimum absolute atomic E-state index is 0.178. The Labute approximate surface area is 97.8 Å². The first kappa shape index (κ1) is 12.0. The summed E-state index contributed by atoms with van der Waals surface area (Å²) >= 11 is 0. The summed E-state index contributed by atoms with van der Waals surface area (Å²) in [6.45, 7) is 3.25. The average Bonchev–Trinajstić information content (AvgIpc) is 2.67.